The Bertz CT molecular complexity index is 1270. The van der Waals surface area contributed by atoms with Crippen molar-refractivity contribution in [3.63, 3.8) is 0 Å². The van der Waals surface area contributed by atoms with Crippen LogP contribution in [0.25, 0.3) is 0 Å². The smallest absolute Gasteiger partial charge is 0.269 e. The number of nitrogens with zero attached hydrogens (tertiary/aromatic N) is 4. The Morgan fingerprint density at radius 3 is 1.91 bits per heavy atom. The summed E-state index contributed by atoms with van der Waals surface area (Å²) in [4.78, 5) is 27.6. The molecule has 2 aliphatic rings. The Kier molecular flexibility index (Phi) is 6.58. The van der Waals surface area contributed by atoms with E-state index >= 15 is 0 Å². The van der Waals surface area contributed by atoms with Crippen molar-refractivity contribution in [2.24, 2.45) is 15.7 Å². The highest BCUT2D eigenvalue weighted by Crippen LogP contribution is 2.50. The molecule has 180 valence electrons. The van der Waals surface area contributed by atoms with Crippen LogP contribution in [-0.2, 0) is 10.3 Å². The van der Waals surface area contributed by atoms with Crippen LogP contribution in [0.3, 0.4) is 0 Å². The van der Waals surface area contributed by atoms with E-state index in [2.05, 4.69) is 4.99 Å². The third-order valence-corrected chi connectivity index (χ3v) is 6.89. The number of hydrogen-bond acceptors (Lipinski definition) is 5. The van der Waals surface area contributed by atoms with Crippen LogP contribution in [0.5, 0.6) is 0 Å². The second-order valence-electron chi connectivity index (χ2n) is 8.50. The summed E-state index contributed by atoms with van der Waals surface area (Å²) in [7, 11) is 0. The van der Waals surface area contributed by atoms with Gasteiger partial charge in [-0.1, -0.05) is 90.8 Å². The Morgan fingerprint density at radius 2 is 1.43 bits per heavy atom. The molecule has 1 amide bonds. The van der Waals surface area contributed by atoms with E-state index in [1.165, 1.54) is 0 Å². The molecule has 2 aliphatic heterocycles. The number of nitrogens with two attached hydrogens (primary N) is 1. The molecule has 9 heteroatoms. The number of anilines is 1. The molecule has 0 saturated carbocycles. The van der Waals surface area contributed by atoms with E-state index in [1.807, 2.05) is 79.4 Å². The van der Waals surface area contributed by atoms with E-state index in [9.17, 15) is 4.79 Å². The van der Waals surface area contributed by atoms with Gasteiger partial charge in [0, 0.05) is 10.0 Å². The van der Waals surface area contributed by atoms with Gasteiger partial charge in [0.05, 0.1) is 5.69 Å². The van der Waals surface area contributed by atoms with E-state index in [0.29, 0.717) is 28.1 Å². The quantitative estimate of drug-likeness (QED) is 0.464. The summed E-state index contributed by atoms with van der Waals surface area (Å²) in [5.41, 5.74) is 6.21. The third kappa shape index (κ3) is 3.77. The van der Waals surface area contributed by atoms with Crippen molar-refractivity contribution >= 4 is 59.1 Å². The highest BCUT2D eigenvalue weighted by atomic mass is 35.5. The minimum atomic E-state index is -1.24. The van der Waals surface area contributed by atoms with E-state index in [-0.39, 0.29) is 24.3 Å². The summed E-state index contributed by atoms with van der Waals surface area (Å²) >= 11 is 12.7. The largest absolute Gasteiger partial charge is 0.368 e. The van der Waals surface area contributed by atoms with Crippen molar-refractivity contribution in [1.82, 2.24) is 4.90 Å². The number of aliphatic imine (C=N–C) groups is 2. The van der Waals surface area contributed by atoms with Gasteiger partial charge < -0.3 is 5.73 Å². The lowest BCUT2D eigenvalue weighted by molar-refractivity contribution is -0.125. The third-order valence-electron chi connectivity index (χ3n) is 6.46. The number of halogens is 3. The molecule has 6 nitrogen and oxygen atoms in total. The average molecular weight is 529 g/mol. The lowest BCUT2D eigenvalue weighted by Crippen LogP contribution is -2.59. The van der Waals surface area contributed by atoms with Crippen LogP contribution < -0.4 is 10.6 Å². The van der Waals surface area contributed by atoms with Gasteiger partial charge in [-0.25, -0.2) is 9.89 Å². The van der Waals surface area contributed by atoms with Crippen molar-refractivity contribution in [3.05, 3.63) is 100 Å². The fraction of sp³-hybridized carbons (Fsp3) is 0.192. The highest BCUT2D eigenvalue weighted by molar-refractivity contribution is 6.36. The molecule has 0 bridgehead atoms. The lowest BCUT2D eigenvalue weighted by atomic mass is 9.79. The molecular formula is C26H24Cl3N5O. The maximum Gasteiger partial charge on any atom is 0.269 e. The van der Waals surface area contributed by atoms with Gasteiger partial charge in [-0.15, -0.1) is 12.4 Å². The number of carbonyl (C=O) groups excluding carboxylic acids is 1. The zero-order valence-electron chi connectivity index (χ0n) is 19.2. The predicted octanol–water partition coefficient (Wildman–Crippen LogP) is 5.82. The summed E-state index contributed by atoms with van der Waals surface area (Å²) in [5, 5.41) is 0.824. The number of benzene rings is 3. The molecule has 2 heterocycles. The van der Waals surface area contributed by atoms with E-state index < -0.39 is 11.2 Å². The molecule has 2 N–H and O–H groups in total. The van der Waals surface area contributed by atoms with Crippen LogP contribution in [0.4, 0.5) is 5.69 Å². The maximum atomic E-state index is 14.8. The molecular weight excluding hydrogens is 505 g/mol. The van der Waals surface area contributed by atoms with Gasteiger partial charge in [0.25, 0.3) is 5.91 Å². The van der Waals surface area contributed by atoms with Crippen LogP contribution >= 0.6 is 35.6 Å². The first-order valence-corrected chi connectivity index (χ1v) is 11.7. The van der Waals surface area contributed by atoms with Gasteiger partial charge in [-0.3, -0.25) is 9.69 Å². The zero-order chi connectivity index (χ0) is 24.1. The first-order chi connectivity index (χ1) is 16.3. The molecule has 0 spiro atoms. The summed E-state index contributed by atoms with van der Waals surface area (Å²) in [6.45, 7) is 3.99. The monoisotopic (exact) mass is 527 g/mol. The summed E-state index contributed by atoms with van der Waals surface area (Å²) in [6, 6.07) is 24.4. The molecule has 3 aromatic carbocycles. The minimum Gasteiger partial charge on any atom is -0.368 e. The number of rotatable bonds is 4. The van der Waals surface area contributed by atoms with Crippen molar-refractivity contribution in [2.45, 2.75) is 31.5 Å². The highest BCUT2D eigenvalue weighted by Gasteiger charge is 2.64. The van der Waals surface area contributed by atoms with E-state index in [1.54, 1.807) is 23.1 Å². The molecule has 0 radical (unpaired) electrons. The number of fused-ring (bicyclic) bond motifs is 1. The van der Waals surface area contributed by atoms with Gasteiger partial charge in [0.2, 0.25) is 11.9 Å². The Hall–Kier alpha value is -3.06. The van der Waals surface area contributed by atoms with Gasteiger partial charge in [0.1, 0.15) is 5.66 Å². The second kappa shape index (κ2) is 9.19. The van der Waals surface area contributed by atoms with Crippen molar-refractivity contribution in [3.8, 4) is 0 Å². The molecule has 3 aromatic rings. The zero-order valence-corrected chi connectivity index (χ0v) is 21.5. The normalized spacial score (nSPS) is 20.6. The SMILES string of the molecule is CCC1(C)N=C(N)N=C2N(c3cc(Cl)cc(Cl)c3)C(=O)C(c3ccccc3)(c3ccccc3)N21.Cl. The Labute approximate surface area is 220 Å². The van der Waals surface area contributed by atoms with Gasteiger partial charge in [0.15, 0.2) is 5.54 Å². The van der Waals surface area contributed by atoms with Gasteiger partial charge >= 0.3 is 0 Å². The summed E-state index contributed by atoms with van der Waals surface area (Å²) in [5.74, 6) is 0.276. The Morgan fingerprint density at radius 1 is 0.914 bits per heavy atom. The molecule has 1 unspecified atom stereocenters. The predicted molar refractivity (Wildman–Crippen MR) is 144 cm³/mol. The van der Waals surface area contributed by atoms with Gasteiger partial charge in [-0.2, -0.15) is 4.99 Å². The number of amides is 1. The van der Waals surface area contributed by atoms with Crippen molar-refractivity contribution in [1.29, 1.82) is 0 Å². The fourth-order valence-corrected chi connectivity index (χ4v) is 5.38. The van der Waals surface area contributed by atoms with Gasteiger partial charge in [-0.05, 0) is 42.7 Å². The van der Waals surface area contributed by atoms with Crippen LogP contribution in [0.15, 0.2) is 88.8 Å². The lowest BCUT2D eigenvalue weighted by Gasteiger charge is -2.47. The molecule has 5 rings (SSSR count). The first-order valence-electron chi connectivity index (χ1n) is 11.0. The van der Waals surface area contributed by atoms with Crippen molar-refractivity contribution < 1.29 is 4.79 Å². The molecule has 1 atom stereocenters. The fourth-order valence-electron chi connectivity index (χ4n) is 4.87. The van der Waals surface area contributed by atoms with E-state index in [4.69, 9.17) is 33.9 Å². The first kappa shape index (κ1) is 25.0. The Balaban J connectivity index is 0.00000289. The molecule has 35 heavy (non-hydrogen) atoms. The number of carbonyl (C=O) groups is 1. The van der Waals surface area contributed by atoms with Crippen LogP contribution in [0, 0.1) is 0 Å². The van der Waals surface area contributed by atoms with Crippen LogP contribution in [-0.4, -0.2) is 28.4 Å². The van der Waals surface area contributed by atoms with Crippen LogP contribution in [0.2, 0.25) is 10.0 Å². The average Bonchev–Trinajstić information content (AvgIpc) is 3.09. The summed E-state index contributed by atoms with van der Waals surface area (Å²) in [6.07, 6.45) is 0.589. The van der Waals surface area contributed by atoms with Crippen LogP contribution in [0.1, 0.15) is 31.4 Å². The standard InChI is InChI=1S/C26H23Cl2N5O.ClH/c1-3-25(2)31-23(29)30-24-32(21-15-19(27)14-20(28)16-21)22(34)26(33(24)25,17-10-6-4-7-11-17)18-12-8-5-9-13-18;/h4-16H,3H2,1-2H3,(H2,29,31);1H. The van der Waals surface area contributed by atoms with E-state index in [0.717, 1.165) is 11.1 Å². The molecule has 0 aromatic heterocycles. The van der Waals surface area contributed by atoms with Crippen molar-refractivity contribution in [2.75, 3.05) is 4.90 Å². The molecule has 1 saturated heterocycles. The second-order valence-corrected chi connectivity index (χ2v) is 9.37. The molecule has 1 fully saturated rings. The topological polar surface area (TPSA) is 74.3 Å². The maximum absolute atomic E-state index is 14.8. The number of hydrogen-bond donors (Lipinski definition) is 1. The minimum absolute atomic E-state index is 0. The summed E-state index contributed by atoms with van der Waals surface area (Å²) < 4.78 is 0. The number of guanidine groups is 2. The molecule has 0 aliphatic carbocycles.